The van der Waals surface area contributed by atoms with Gasteiger partial charge in [0.25, 0.3) is 0 Å². The number of halogens is 1. The minimum Gasteiger partial charge on any atom is -0.325 e. The Morgan fingerprint density at radius 3 is 2.29 bits per heavy atom. The number of hydrogen-bond donors (Lipinski definition) is 1. The molecule has 1 heterocycles. The van der Waals surface area contributed by atoms with Gasteiger partial charge in [-0.25, -0.2) is 4.39 Å². The first kappa shape index (κ1) is 24.7. The molecule has 1 N–H and O–H groups in total. The lowest BCUT2D eigenvalue weighted by Crippen LogP contribution is -2.20. The van der Waals surface area contributed by atoms with E-state index in [1.165, 1.54) is 17.8 Å². The van der Waals surface area contributed by atoms with E-state index in [2.05, 4.69) is 35.4 Å². The average molecular weight is 489 g/mol. The molecule has 4 aromatic rings. The van der Waals surface area contributed by atoms with E-state index in [4.69, 9.17) is 0 Å². The smallest absolute Gasteiger partial charge is 0.242 e. The van der Waals surface area contributed by atoms with Gasteiger partial charge in [0.05, 0.1) is 5.56 Å². The highest BCUT2D eigenvalue weighted by Gasteiger charge is 2.27. The van der Waals surface area contributed by atoms with Crippen molar-refractivity contribution in [1.82, 2.24) is 14.8 Å². The molecule has 35 heavy (non-hydrogen) atoms. The summed E-state index contributed by atoms with van der Waals surface area (Å²) in [7, 11) is 0. The number of benzene rings is 3. The lowest BCUT2D eigenvalue weighted by Gasteiger charge is -2.19. The minimum atomic E-state index is -0.569. The topological polar surface area (TPSA) is 59.8 Å². The van der Waals surface area contributed by atoms with Crippen molar-refractivity contribution in [3.05, 3.63) is 95.3 Å². The zero-order valence-electron chi connectivity index (χ0n) is 20.3. The van der Waals surface area contributed by atoms with Crippen LogP contribution in [0.2, 0.25) is 0 Å². The quantitative estimate of drug-likeness (QED) is 0.276. The van der Waals surface area contributed by atoms with Crippen LogP contribution in [0.1, 0.15) is 35.8 Å². The molecule has 0 saturated heterocycles. The number of thioether (sulfide) groups is 1. The van der Waals surface area contributed by atoms with Crippen molar-refractivity contribution in [2.75, 3.05) is 5.32 Å². The number of nitrogens with zero attached hydrogens (tertiary/aromatic N) is 3. The summed E-state index contributed by atoms with van der Waals surface area (Å²) in [5.41, 5.74) is 4.16. The Bertz CT molecular complexity index is 1300. The van der Waals surface area contributed by atoms with E-state index in [1.807, 2.05) is 60.9 Å². The van der Waals surface area contributed by atoms with Crippen LogP contribution in [0, 0.1) is 25.6 Å². The van der Waals surface area contributed by atoms with Gasteiger partial charge in [-0.15, -0.1) is 10.2 Å². The molecule has 0 aliphatic heterocycles. The Balaban J connectivity index is 1.72. The summed E-state index contributed by atoms with van der Waals surface area (Å²) in [6.07, 6.45) is 0. The van der Waals surface area contributed by atoms with Crippen molar-refractivity contribution in [1.29, 1.82) is 0 Å². The van der Waals surface area contributed by atoms with Crippen molar-refractivity contribution in [3.63, 3.8) is 0 Å². The second-order valence-corrected chi connectivity index (χ2v) is 10.1. The van der Waals surface area contributed by atoms with Gasteiger partial charge in [0.2, 0.25) is 5.91 Å². The van der Waals surface area contributed by atoms with E-state index in [0.717, 1.165) is 22.4 Å². The van der Waals surface area contributed by atoms with Crippen LogP contribution >= 0.6 is 11.8 Å². The first-order valence-electron chi connectivity index (χ1n) is 11.6. The molecule has 7 heteroatoms. The minimum absolute atomic E-state index is 0.155. The Morgan fingerprint density at radius 1 is 0.971 bits per heavy atom. The highest BCUT2D eigenvalue weighted by Crippen LogP contribution is 2.37. The van der Waals surface area contributed by atoms with Crippen molar-refractivity contribution in [2.45, 2.75) is 44.6 Å². The highest BCUT2D eigenvalue weighted by atomic mass is 32.2. The predicted molar refractivity (Wildman–Crippen MR) is 140 cm³/mol. The molecule has 0 aliphatic rings. The molecule has 0 saturated carbocycles. The fourth-order valence-corrected chi connectivity index (χ4v) is 5.05. The molecule has 0 radical (unpaired) electrons. The maximum absolute atomic E-state index is 14.6. The van der Waals surface area contributed by atoms with Gasteiger partial charge in [-0.3, -0.25) is 4.79 Å². The van der Waals surface area contributed by atoms with Crippen LogP contribution in [0.4, 0.5) is 10.1 Å². The fraction of sp³-hybridized carbons (Fsp3) is 0.250. The fourth-order valence-electron chi connectivity index (χ4n) is 4.01. The monoisotopic (exact) mass is 488 g/mol. The van der Waals surface area contributed by atoms with Crippen LogP contribution in [0.3, 0.4) is 0 Å². The molecule has 1 amide bonds. The van der Waals surface area contributed by atoms with Crippen LogP contribution in [-0.2, 0) is 11.3 Å². The van der Waals surface area contributed by atoms with E-state index in [1.54, 1.807) is 18.2 Å². The first-order chi connectivity index (χ1) is 16.8. The van der Waals surface area contributed by atoms with E-state index in [9.17, 15) is 9.18 Å². The van der Waals surface area contributed by atoms with Gasteiger partial charge in [0.15, 0.2) is 11.0 Å². The van der Waals surface area contributed by atoms with Crippen LogP contribution in [0.25, 0.3) is 11.4 Å². The number of carbonyl (C=O) groups excluding carboxylic acids is 1. The Kier molecular flexibility index (Phi) is 7.66. The Labute approximate surface area is 209 Å². The van der Waals surface area contributed by atoms with Gasteiger partial charge in [-0.05, 0) is 60.7 Å². The third-order valence-corrected chi connectivity index (χ3v) is 6.67. The van der Waals surface area contributed by atoms with Gasteiger partial charge < -0.3 is 9.88 Å². The zero-order valence-corrected chi connectivity index (χ0v) is 21.1. The lowest BCUT2D eigenvalue weighted by molar-refractivity contribution is -0.115. The summed E-state index contributed by atoms with van der Waals surface area (Å²) < 4.78 is 16.5. The summed E-state index contributed by atoms with van der Waals surface area (Å²) in [5, 5.41) is 11.8. The van der Waals surface area contributed by atoms with Crippen molar-refractivity contribution in [3.8, 4) is 11.4 Å². The van der Waals surface area contributed by atoms with Crippen LogP contribution in [-0.4, -0.2) is 20.7 Å². The van der Waals surface area contributed by atoms with Crippen molar-refractivity contribution in [2.24, 2.45) is 5.92 Å². The zero-order chi connectivity index (χ0) is 24.9. The average Bonchev–Trinajstić information content (AvgIpc) is 3.18. The molecule has 3 aromatic carbocycles. The van der Waals surface area contributed by atoms with Crippen LogP contribution < -0.4 is 5.32 Å². The largest absolute Gasteiger partial charge is 0.325 e. The summed E-state index contributed by atoms with van der Waals surface area (Å²) >= 11 is 1.32. The van der Waals surface area contributed by atoms with E-state index in [0.29, 0.717) is 23.1 Å². The number of aryl methyl sites for hydroxylation is 2. The predicted octanol–water partition coefficient (Wildman–Crippen LogP) is 6.83. The molecule has 5 nitrogen and oxygen atoms in total. The third-order valence-electron chi connectivity index (χ3n) is 5.43. The molecular formula is C28H29FN4OS. The number of carbonyl (C=O) groups is 1. The molecule has 0 aliphatic carbocycles. The highest BCUT2D eigenvalue weighted by molar-refractivity contribution is 8.00. The number of nitrogens with one attached hydrogen (secondary N) is 1. The van der Waals surface area contributed by atoms with Crippen molar-refractivity contribution < 1.29 is 9.18 Å². The summed E-state index contributed by atoms with van der Waals surface area (Å²) in [6, 6.07) is 22.1. The SMILES string of the molecule is Cc1cc(C)cc(NC(=O)C(Sc2nnc(-c3ccccc3F)n2CC(C)C)c2ccccc2)c1. The van der Waals surface area contributed by atoms with E-state index >= 15 is 0 Å². The van der Waals surface area contributed by atoms with Crippen LogP contribution in [0.15, 0.2) is 78.0 Å². The van der Waals surface area contributed by atoms with Gasteiger partial charge >= 0.3 is 0 Å². The second kappa shape index (κ2) is 10.9. The van der Waals surface area contributed by atoms with Crippen molar-refractivity contribution >= 4 is 23.4 Å². The first-order valence-corrected chi connectivity index (χ1v) is 12.5. The summed E-state index contributed by atoms with van der Waals surface area (Å²) in [4.78, 5) is 13.6. The third kappa shape index (κ3) is 5.98. The van der Waals surface area contributed by atoms with Gasteiger partial charge in [-0.1, -0.05) is 74.1 Å². The molecule has 0 spiro atoms. The van der Waals surface area contributed by atoms with E-state index in [-0.39, 0.29) is 17.6 Å². The van der Waals surface area contributed by atoms with Gasteiger partial charge in [0.1, 0.15) is 11.1 Å². The lowest BCUT2D eigenvalue weighted by atomic mass is 10.1. The number of amides is 1. The molecule has 4 rings (SSSR count). The molecule has 1 aromatic heterocycles. The maximum atomic E-state index is 14.6. The second-order valence-electron chi connectivity index (χ2n) is 9.06. The number of anilines is 1. The maximum Gasteiger partial charge on any atom is 0.242 e. The van der Waals surface area contributed by atoms with E-state index < -0.39 is 5.25 Å². The molecule has 0 fully saturated rings. The normalized spacial score (nSPS) is 12.1. The number of aromatic nitrogens is 3. The summed E-state index contributed by atoms with van der Waals surface area (Å²) in [5.74, 6) is 0.224. The molecule has 180 valence electrons. The number of hydrogen-bond acceptors (Lipinski definition) is 4. The molecule has 0 bridgehead atoms. The summed E-state index contributed by atoms with van der Waals surface area (Å²) in [6.45, 7) is 8.77. The Morgan fingerprint density at radius 2 is 1.63 bits per heavy atom. The number of rotatable bonds is 8. The molecule has 1 unspecified atom stereocenters. The van der Waals surface area contributed by atoms with Gasteiger partial charge in [-0.2, -0.15) is 0 Å². The van der Waals surface area contributed by atoms with Crippen LogP contribution in [0.5, 0.6) is 0 Å². The Hall–Kier alpha value is -3.45. The standard InChI is InChI=1S/C28H29FN4OS/c1-18(2)17-33-26(23-12-8-9-13-24(23)29)31-32-28(33)35-25(21-10-6-5-7-11-21)27(34)30-22-15-19(3)14-20(4)16-22/h5-16,18,25H,17H2,1-4H3,(H,30,34). The molecule has 1 atom stereocenters. The van der Waals surface area contributed by atoms with Gasteiger partial charge in [0, 0.05) is 12.2 Å². The molecular weight excluding hydrogens is 459 g/mol.